The number of aryl methyl sites for hydroxylation is 1. The normalized spacial score (nSPS) is 16.3. The van der Waals surface area contributed by atoms with Crippen molar-refractivity contribution >= 4 is 23.5 Å². The van der Waals surface area contributed by atoms with Gasteiger partial charge in [0.05, 0.1) is 6.10 Å². The Kier molecular flexibility index (Phi) is 7.63. The molecule has 1 aromatic heterocycles. The van der Waals surface area contributed by atoms with Crippen LogP contribution in [-0.2, 0) is 25.7 Å². The molecule has 0 radical (unpaired) electrons. The molecule has 1 fully saturated rings. The molecule has 4 rings (SSSR count). The topological polar surface area (TPSA) is 132 Å². The fraction of sp³-hybridized carbons (Fsp3) is 0.478. The molecule has 0 aliphatic carbocycles. The van der Waals surface area contributed by atoms with Gasteiger partial charge >= 0.3 is 0 Å². The minimum atomic E-state index is -0.404. The summed E-state index contributed by atoms with van der Waals surface area (Å²) in [6.45, 7) is 3.03. The van der Waals surface area contributed by atoms with Crippen molar-refractivity contribution in [2.45, 2.75) is 45.3 Å². The van der Waals surface area contributed by atoms with Gasteiger partial charge in [0.15, 0.2) is 17.3 Å². The number of nitrogens with zero attached hydrogens (tertiary/aromatic N) is 2. The molecule has 11 heteroatoms. The highest BCUT2D eigenvalue weighted by molar-refractivity contribution is 5.99. The Bertz CT molecular complexity index is 1030. The number of amides is 3. The molecule has 1 atom stereocenters. The van der Waals surface area contributed by atoms with Crippen molar-refractivity contribution in [1.29, 1.82) is 0 Å². The second-order valence-corrected chi connectivity index (χ2v) is 8.18. The lowest BCUT2D eigenvalue weighted by Gasteiger charge is -2.20. The van der Waals surface area contributed by atoms with Gasteiger partial charge in [-0.25, -0.2) is 0 Å². The first kappa shape index (κ1) is 23.6. The zero-order valence-electron chi connectivity index (χ0n) is 19.0. The first-order valence-electron chi connectivity index (χ1n) is 11.2. The van der Waals surface area contributed by atoms with Crippen LogP contribution < -0.4 is 25.0 Å². The molecule has 1 saturated heterocycles. The molecule has 3 amide bonds. The summed E-state index contributed by atoms with van der Waals surface area (Å²) in [6, 6.07) is 7.00. The number of rotatable bonds is 10. The van der Waals surface area contributed by atoms with E-state index in [4.69, 9.17) is 18.7 Å². The van der Waals surface area contributed by atoms with Gasteiger partial charge in [0.2, 0.25) is 24.5 Å². The first-order chi connectivity index (χ1) is 16.5. The highest BCUT2D eigenvalue weighted by atomic mass is 16.7. The highest BCUT2D eigenvalue weighted by Gasteiger charge is 2.24. The number of aromatic nitrogens is 1. The lowest BCUT2D eigenvalue weighted by atomic mass is 10.2. The number of carbonyl (C=O) groups is 3. The number of benzene rings is 1. The predicted molar refractivity (Wildman–Crippen MR) is 119 cm³/mol. The first-order valence-corrected chi connectivity index (χ1v) is 11.2. The van der Waals surface area contributed by atoms with Crippen LogP contribution >= 0.6 is 0 Å². The average molecular weight is 472 g/mol. The molecule has 1 unspecified atom stereocenters. The van der Waals surface area contributed by atoms with Crippen molar-refractivity contribution in [1.82, 2.24) is 15.8 Å². The minimum Gasteiger partial charge on any atom is -0.454 e. The van der Waals surface area contributed by atoms with E-state index in [1.807, 2.05) is 6.07 Å². The molecule has 2 aliphatic heterocycles. The number of nitrogens with one attached hydrogen (secondary N) is 2. The van der Waals surface area contributed by atoms with Crippen LogP contribution in [0.5, 0.6) is 11.5 Å². The Balaban J connectivity index is 1.27. The van der Waals surface area contributed by atoms with E-state index >= 15 is 0 Å². The van der Waals surface area contributed by atoms with E-state index in [-0.39, 0.29) is 49.9 Å². The molecule has 0 saturated carbocycles. The molecule has 3 heterocycles. The highest BCUT2D eigenvalue weighted by Crippen LogP contribution is 2.32. The molecule has 0 bridgehead atoms. The zero-order valence-corrected chi connectivity index (χ0v) is 19.0. The van der Waals surface area contributed by atoms with Crippen molar-refractivity contribution in [2.75, 3.05) is 31.4 Å². The molecular formula is C23H28N4O7. The summed E-state index contributed by atoms with van der Waals surface area (Å²) in [5.41, 5.74) is 0.853. The lowest BCUT2D eigenvalue weighted by Crippen LogP contribution is -2.43. The van der Waals surface area contributed by atoms with Gasteiger partial charge in [-0.15, -0.1) is 0 Å². The molecule has 11 nitrogen and oxygen atoms in total. The van der Waals surface area contributed by atoms with Gasteiger partial charge in [0.1, 0.15) is 12.3 Å². The summed E-state index contributed by atoms with van der Waals surface area (Å²) in [7, 11) is 0. The van der Waals surface area contributed by atoms with Crippen molar-refractivity contribution in [3.63, 3.8) is 0 Å². The third-order valence-corrected chi connectivity index (χ3v) is 5.54. The number of carbonyl (C=O) groups excluding carboxylic acids is 3. The average Bonchev–Trinajstić information content (AvgIpc) is 3.60. The molecule has 1 aromatic carbocycles. The maximum Gasteiger partial charge on any atom is 0.240 e. The van der Waals surface area contributed by atoms with E-state index in [9.17, 15) is 14.4 Å². The van der Waals surface area contributed by atoms with Crippen LogP contribution in [-0.4, -0.2) is 55.5 Å². The summed E-state index contributed by atoms with van der Waals surface area (Å²) in [4.78, 5) is 38.9. The van der Waals surface area contributed by atoms with Crippen molar-refractivity contribution in [2.24, 2.45) is 0 Å². The summed E-state index contributed by atoms with van der Waals surface area (Å²) >= 11 is 0. The minimum absolute atomic E-state index is 0.00384. The Hall–Kier alpha value is -3.60. The number of ether oxygens (including phenoxy) is 3. The summed E-state index contributed by atoms with van der Waals surface area (Å²) in [5, 5.41) is 9.44. The van der Waals surface area contributed by atoms with Crippen LogP contribution in [0.3, 0.4) is 0 Å². The third-order valence-electron chi connectivity index (χ3n) is 5.54. The second-order valence-electron chi connectivity index (χ2n) is 8.18. The zero-order chi connectivity index (χ0) is 23.9. The van der Waals surface area contributed by atoms with E-state index in [0.29, 0.717) is 37.0 Å². The van der Waals surface area contributed by atoms with E-state index in [1.165, 1.54) is 4.90 Å². The van der Waals surface area contributed by atoms with Crippen LogP contribution in [0.25, 0.3) is 0 Å². The van der Waals surface area contributed by atoms with Crippen molar-refractivity contribution in [3.05, 3.63) is 35.6 Å². The van der Waals surface area contributed by atoms with Gasteiger partial charge in [-0.2, -0.15) is 0 Å². The van der Waals surface area contributed by atoms with E-state index in [1.54, 1.807) is 25.1 Å². The third kappa shape index (κ3) is 6.25. The van der Waals surface area contributed by atoms with Crippen LogP contribution in [0.15, 0.2) is 28.8 Å². The Morgan fingerprint density at radius 2 is 1.94 bits per heavy atom. The standard InChI is InChI=1S/C23H28N4O7/c1-15-9-20(26-34-15)27(13-22(29)25-12-17-3-2-8-31-17)23(30)7-6-21(28)24-11-16-4-5-18-19(10-16)33-14-32-18/h4-5,9-10,17H,2-3,6-8,11-14H2,1H3,(H,24,28)(H,25,29). The smallest absolute Gasteiger partial charge is 0.240 e. The van der Waals surface area contributed by atoms with Crippen LogP contribution in [0.1, 0.15) is 37.0 Å². The fourth-order valence-corrected chi connectivity index (χ4v) is 3.71. The van der Waals surface area contributed by atoms with Gasteiger partial charge in [0.25, 0.3) is 0 Å². The van der Waals surface area contributed by atoms with Crippen LogP contribution in [0, 0.1) is 6.92 Å². The monoisotopic (exact) mass is 472 g/mol. The van der Waals surface area contributed by atoms with Crippen molar-refractivity contribution < 1.29 is 33.1 Å². The van der Waals surface area contributed by atoms with Gasteiger partial charge < -0.3 is 29.4 Å². The van der Waals surface area contributed by atoms with E-state index < -0.39 is 5.91 Å². The largest absolute Gasteiger partial charge is 0.454 e. The van der Waals surface area contributed by atoms with Crippen molar-refractivity contribution in [3.8, 4) is 11.5 Å². The Morgan fingerprint density at radius 1 is 1.09 bits per heavy atom. The Labute approximate surface area is 196 Å². The van der Waals surface area contributed by atoms with Gasteiger partial charge in [-0.3, -0.25) is 19.3 Å². The predicted octanol–water partition coefficient (Wildman–Crippen LogP) is 1.44. The van der Waals surface area contributed by atoms with Gasteiger partial charge in [-0.1, -0.05) is 11.2 Å². The second kappa shape index (κ2) is 11.0. The SMILES string of the molecule is Cc1cc(N(CC(=O)NCC2CCCO2)C(=O)CCC(=O)NCc2ccc3c(c2)OCO3)no1. The molecule has 2 aliphatic rings. The van der Waals surface area contributed by atoms with E-state index in [0.717, 1.165) is 18.4 Å². The molecule has 2 N–H and O–H groups in total. The van der Waals surface area contributed by atoms with Gasteiger partial charge in [0, 0.05) is 38.6 Å². The Morgan fingerprint density at radius 3 is 2.71 bits per heavy atom. The van der Waals surface area contributed by atoms with Crippen LogP contribution in [0.4, 0.5) is 5.82 Å². The molecule has 34 heavy (non-hydrogen) atoms. The number of hydrogen-bond donors (Lipinski definition) is 2. The number of fused-ring (bicyclic) bond motifs is 1. The summed E-state index contributed by atoms with van der Waals surface area (Å²) in [5.74, 6) is 1.02. The maximum absolute atomic E-state index is 12.9. The molecule has 0 spiro atoms. The summed E-state index contributed by atoms with van der Waals surface area (Å²) < 4.78 is 21.2. The quantitative estimate of drug-likeness (QED) is 0.531. The maximum atomic E-state index is 12.9. The number of anilines is 1. The molecule has 182 valence electrons. The van der Waals surface area contributed by atoms with Crippen LogP contribution in [0.2, 0.25) is 0 Å². The number of hydrogen-bond acceptors (Lipinski definition) is 8. The van der Waals surface area contributed by atoms with Gasteiger partial charge in [-0.05, 0) is 37.5 Å². The molecular weight excluding hydrogens is 444 g/mol. The molecule has 2 aromatic rings. The fourth-order valence-electron chi connectivity index (χ4n) is 3.71. The lowest BCUT2D eigenvalue weighted by molar-refractivity contribution is -0.126. The van der Waals surface area contributed by atoms with E-state index in [2.05, 4.69) is 15.8 Å². The summed E-state index contributed by atoms with van der Waals surface area (Å²) in [6.07, 6.45) is 1.75.